The molecule has 0 atom stereocenters. The number of thiophene rings is 1. The van der Waals surface area contributed by atoms with Crippen molar-refractivity contribution in [2.24, 2.45) is 0 Å². The molecule has 24 heavy (non-hydrogen) atoms. The number of amides is 2. The van der Waals surface area contributed by atoms with E-state index in [0.29, 0.717) is 19.6 Å². The number of hydrogen-bond acceptors (Lipinski definition) is 5. The third kappa shape index (κ3) is 5.79. The Hall–Kier alpha value is -1.60. The molecule has 0 aliphatic carbocycles. The first kappa shape index (κ1) is 18.7. The molecule has 1 fully saturated rings. The summed E-state index contributed by atoms with van der Waals surface area (Å²) >= 11 is 1.47. The van der Waals surface area contributed by atoms with Gasteiger partial charge in [0.05, 0.1) is 4.88 Å². The van der Waals surface area contributed by atoms with Crippen LogP contribution in [0.25, 0.3) is 0 Å². The zero-order valence-electron chi connectivity index (χ0n) is 14.9. The van der Waals surface area contributed by atoms with Crippen LogP contribution < -0.4 is 5.32 Å². The minimum absolute atomic E-state index is 0.0134. The van der Waals surface area contributed by atoms with Crippen molar-refractivity contribution in [3.63, 3.8) is 0 Å². The SMILES string of the molecule is Cc1csc(C(=O)NCCN2CCN(C(=O)OC(C)(C)C)CC2)c1. The third-order valence-electron chi connectivity index (χ3n) is 3.69. The number of rotatable bonds is 4. The fourth-order valence-electron chi connectivity index (χ4n) is 2.45. The lowest BCUT2D eigenvalue weighted by Crippen LogP contribution is -2.51. The van der Waals surface area contributed by atoms with Crippen LogP contribution in [0.4, 0.5) is 4.79 Å². The molecule has 134 valence electrons. The molecule has 1 aliphatic rings. The Morgan fingerprint density at radius 2 is 1.92 bits per heavy atom. The number of nitrogens with one attached hydrogen (secondary N) is 1. The fourth-order valence-corrected chi connectivity index (χ4v) is 3.26. The van der Waals surface area contributed by atoms with Gasteiger partial charge >= 0.3 is 6.09 Å². The summed E-state index contributed by atoms with van der Waals surface area (Å²) in [4.78, 5) is 28.7. The van der Waals surface area contributed by atoms with E-state index in [2.05, 4.69) is 10.2 Å². The van der Waals surface area contributed by atoms with Crippen molar-refractivity contribution in [3.8, 4) is 0 Å². The number of hydrogen-bond donors (Lipinski definition) is 1. The highest BCUT2D eigenvalue weighted by molar-refractivity contribution is 7.12. The lowest BCUT2D eigenvalue weighted by atomic mass is 10.2. The standard InChI is InChI=1S/C17H27N3O3S/c1-13-11-14(24-12-13)15(21)18-5-6-19-7-9-20(10-8-19)16(22)23-17(2,3)4/h11-12H,5-10H2,1-4H3,(H,18,21). The molecule has 0 radical (unpaired) electrons. The zero-order valence-corrected chi connectivity index (χ0v) is 15.7. The Bertz CT molecular complexity index is 572. The van der Waals surface area contributed by atoms with Gasteiger partial charge in [-0.15, -0.1) is 11.3 Å². The lowest BCUT2D eigenvalue weighted by molar-refractivity contribution is 0.0147. The summed E-state index contributed by atoms with van der Waals surface area (Å²) in [5.74, 6) is -0.0134. The normalized spacial score (nSPS) is 16.1. The molecule has 2 amide bonds. The van der Waals surface area contributed by atoms with Crippen molar-refractivity contribution < 1.29 is 14.3 Å². The van der Waals surface area contributed by atoms with Gasteiger partial charge in [-0.05, 0) is 44.7 Å². The summed E-state index contributed by atoms with van der Waals surface area (Å²) in [5, 5.41) is 4.93. The third-order valence-corrected chi connectivity index (χ3v) is 4.74. The van der Waals surface area contributed by atoms with Gasteiger partial charge in [0, 0.05) is 39.3 Å². The van der Waals surface area contributed by atoms with Crippen LogP contribution in [0.2, 0.25) is 0 Å². The maximum Gasteiger partial charge on any atom is 0.410 e. The summed E-state index contributed by atoms with van der Waals surface area (Å²) in [6.45, 7) is 11.9. The first-order valence-corrected chi connectivity index (χ1v) is 9.16. The van der Waals surface area contributed by atoms with Gasteiger partial charge in [0.25, 0.3) is 5.91 Å². The first-order chi connectivity index (χ1) is 11.2. The average molecular weight is 353 g/mol. The maximum atomic E-state index is 12.0. The van der Waals surface area contributed by atoms with Crippen LogP contribution in [0.1, 0.15) is 36.0 Å². The van der Waals surface area contributed by atoms with E-state index in [4.69, 9.17) is 4.74 Å². The van der Waals surface area contributed by atoms with Gasteiger partial charge in [0.15, 0.2) is 0 Å². The second-order valence-corrected chi connectivity index (χ2v) is 7.96. The molecule has 2 rings (SSSR count). The minimum atomic E-state index is -0.460. The molecule has 0 unspecified atom stereocenters. The summed E-state index contributed by atoms with van der Waals surface area (Å²) in [7, 11) is 0. The zero-order chi connectivity index (χ0) is 17.7. The topological polar surface area (TPSA) is 61.9 Å². The van der Waals surface area contributed by atoms with Crippen molar-refractivity contribution in [2.75, 3.05) is 39.3 Å². The molecule has 1 aromatic rings. The van der Waals surface area contributed by atoms with Gasteiger partial charge in [0.2, 0.25) is 0 Å². The molecule has 2 heterocycles. The van der Waals surface area contributed by atoms with Gasteiger partial charge < -0.3 is 15.0 Å². The van der Waals surface area contributed by atoms with E-state index in [1.165, 1.54) is 11.3 Å². The highest BCUT2D eigenvalue weighted by atomic mass is 32.1. The Labute approximate surface area is 147 Å². The molecule has 0 saturated carbocycles. The van der Waals surface area contributed by atoms with Gasteiger partial charge in [-0.3, -0.25) is 9.69 Å². The molecule has 6 nitrogen and oxygen atoms in total. The summed E-state index contributed by atoms with van der Waals surface area (Å²) < 4.78 is 5.39. The van der Waals surface area contributed by atoms with E-state index in [1.54, 1.807) is 4.90 Å². The summed E-state index contributed by atoms with van der Waals surface area (Å²) in [5.41, 5.74) is 0.655. The quantitative estimate of drug-likeness (QED) is 0.902. The molecule has 7 heteroatoms. The van der Waals surface area contributed by atoms with Crippen LogP contribution in [0.15, 0.2) is 11.4 Å². The van der Waals surface area contributed by atoms with Gasteiger partial charge in [-0.2, -0.15) is 0 Å². The Morgan fingerprint density at radius 1 is 1.25 bits per heavy atom. The lowest BCUT2D eigenvalue weighted by Gasteiger charge is -2.35. The van der Waals surface area contributed by atoms with Gasteiger partial charge in [-0.1, -0.05) is 0 Å². The number of aryl methyl sites for hydroxylation is 1. The van der Waals surface area contributed by atoms with Gasteiger partial charge in [0.1, 0.15) is 5.60 Å². The highest BCUT2D eigenvalue weighted by Gasteiger charge is 2.25. The number of ether oxygens (including phenoxy) is 1. The number of carbonyl (C=O) groups is 2. The van der Waals surface area contributed by atoms with E-state index in [0.717, 1.165) is 30.1 Å². The van der Waals surface area contributed by atoms with E-state index >= 15 is 0 Å². The van der Waals surface area contributed by atoms with E-state index in [9.17, 15) is 9.59 Å². The molecule has 1 N–H and O–H groups in total. The van der Waals surface area contributed by atoms with Crippen LogP contribution >= 0.6 is 11.3 Å². The number of piperazine rings is 1. The second kappa shape index (κ2) is 7.98. The van der Waals surface area contributed by atoms with Crippen LogP contribution in [0, 0.1) is 6.92 Å². The van der Waals surface area contributed by atoms with Crippen molar-refractivity contribution in [2.45, 2.75) is 33.3 Å². The predicted molar refractivity (Wildman–Crippen MR) is 95.6 cm³/mol. The molecular formula is C17H27N3O3S. The minimum Gasteiger partial charge on any atom is -0.444 e. The van der Waals surface area contributed by atoms with Crippen LogP contribution in [0.3, 0.4) is 0 Å². The second-order valence-electron chi connectivity index (χ2n) is 7.05. The van der Waals surface area contributed by atoms with Gasteiger partial charge in [-0.25, -0.2) is 4.79 Å². The van der Waals surface area contributed by atoms with E-state index in [1.807, 2.05) is 39.1 Å². The molecular weight excluding hydrogens is 326 g/mol. The first-order valence-electron chi connectivity index (χ1n) is 8.28. The summed E-state index contributed by atoms with van der Waals surface area (Å²) in [6, 6.07) is 1.90. The predicted octanol–water partition coefficient (Wildman–Crippen LogP) is 2.34. The Balaban J connectivity index is 1.66. The smallest absolute Gasteiger partial charge is 0.410 e. The van der Waals surface area contributed by atoms with Crippen LogP contribution in [-0.4, -0.2) is 66.7 Å². The summed E-state index contributed by atoms with van der Waals surface area (Å²) in [6.07, 6.45) is -0.247. The van der Waals surface area contributed by atoms with E-state index in [-0.39, 0.29) is 12.0 Å². The highest BCUT2D eigenvalue weighted by Crippen LogP contribution is 2.13. The molecule has 1 saturated heterocycles. The van der Waals surface area contributed by atoms with Crippen molar-refractivity contribution >= 4 is 23.3 Å². The molecule has 0 aromatic carbocycles. The Morgan fingerprint density at radius 3 is 2.46 bits per heavy atom. The van der Waals surface area contributed by atoms with Crippen LogP contribution in [-0.2, 0) is 4.74 Å². The van der Waals surface area contributed by atoms with Crippen molar-refractivity contribution in [3.05, 3.63) is 21.9 Å². The molecule has 0 bridgehead atoms. The molecule has 0 spiro atoms. The Kier molecular flexibility index (Phi) is 6.23. The van der Waals surface area contributed by atoms with E-state index < -0.39 is 5.60 Å². The number of nitrogens with zero attached hydrogens (tertiary/aromatic N) is 2. The fraction of sp³-hybridized carbons (Fsp3) is 0.647. The van der Waals surface area contributed by atoms with Crippen molar-refractivity contribution in [1.29, 1.82) is 0 Å². The number of carbonyl (C=O) groups excluding carboxylic acids is 2. The largest absolute Gasteiger partial charge is 0.444 e. The maximum absolute atomic E-state index is 12.0. The monoisotopic (exact) mass is 353 g/mol. The van der Waals surface area contributed by atoms with Crippen LogP contribution in [0.5, 0.6) is 0 Å². The average Bonchev–Trinajstić information content (AvgIpc) is 2.93. The molecule has 1 aromatic heterocycles. The van der Waals surface area contributed by atoms with Crippen molar-refractivity contribution in [1.82, 2.24) is 15.1 Å². The molecule has 1 aliphatic heterocycles.